The van der Waals surface area contributed by atoms with Gasteiger partial charge in [0, 0.05) is 57.9 Å². The number of piperazine rings is 1. The molecule has 1 heterocycles. The Morgan fingerprint density at radius 3 is 2.30 bits per heavy atom. The van der Waals surface area contributed by atoms with Crippen molar-refractivity contribution in [1.82, 2.24) is 14.1 Å². The lowest BCUT2D eigenvalue weighted by Crippen LogP contribution is -2.49. The summed E-state index contributed by atoms with van der Waals surface area (Å²) in [6.07, 6.45) is 1.43. The van der Waals surface area contributed by atoms with Crippen LogP contribution in [0.2, 0.25) is 0 Å². The molecule has 1 aliphatic heterocycles. The minimum atomic E-state index is -3.31. The van der Waals surface area contributed by atoms with Gasteiger partial charge in [-0.25, -0.2) is 12.7 Å². The van der Waals surface area contributed by atoms with Crippen molar-refractivity contribution >= 4 is 21.6 Å². The number of sulfonamides is 1. The minimum absolute atomic E-state index is 0.0254. The third kappa shape index (κ3) is 6.79. The zero-order valence-corrected chi connectivity index (χ0v) is 17.7. The van der Waals surface area contributed by atoms with Gasteiger partial charge in [0.2, 0.25) is 15.9 Å². The van der Waals surface area contributed by atoms with Crippen LogP contribution in [0.4, 0.5) is 5.69 Å². The summed E-state index contributed by atoms with van der Waals surface area (Å²) in [5.41, 5.74) is 2.42. The average Bonchev–Trinajstić information content (AvgIpc) is 2.60. The van der Waals surface area contributed by atoms with Crippen molar-refractivity contribution in [2.75, 3.05) is 71.1 Å². The molecule has 1 aromatic carbocycles. The van der Waals surface area contributed by atoms with Crippen LogP contribution in [-0.4, -0.2) is 94.6 Å². The summed E-state index contributed by atoms with van der Waals surface area (Å²) in [7, 11) is 0.496. The number of nitrogens with zero attached hydrogens (tertiary/aromatic N) is 4. The molecule has 0 radical (unpaired) electrons. The highest BCUT2D eigenvalue weighted by Gasteiger charge is 2.23. The Morgan fingerprint density at radius 1 is 1.07 bits per heavy atom. The Hall–Kier alpha value is -1.64. The van der Waals surface area contributed by atoms with Gasteiger partial charge < -0.3 is 14.7 Å². The number of hydrogen-bond donors (Lipinski definition) is 0. The molecule has 8 heteroatoms. The monoisotopic (exact) mass is 396 g/mol. The topological polar surface area (TPSA) is 64.2 Å². The Morgan fingerprint density at radius 2 is 1.74 bits per heavy atom. The minimum Gasteiger partial charge on any atom is -0.368 e. The second-order valence-electron chi connectivity index (χ2n) is 7.42. The molecule has 152 valence electrons. The molecule has 1 aliphatic rings. The molecular formula is C19H32N4O3S. The van der Waals surface area contributed by atoms with Crippen molar-refractivity contribution < 1.29 is 13.2 Å². The van der Waals surface area contributed by atoms with Crippen LogP contribution in [0.25, 0.3) is 0 Å². The lowest BCUT2D eigenvalue weighted by atomic mass is 10.2. The van der Waals surface area contributed by atoms with E-state index in [0.29, 0.717) is 26.2 Å². The number of benzene rings is 1. The van der Waals surface area contributed by atoms with E-state index in [4.69, 9.17) is 0 Å². The van der Waals surface area contributed by atoms with Crippen molar-refractivity contribution in [3.8, 4) is 0 Å². The van der Waals surface area contributed by atoms with Crippen LogP contribution in [0, 0.1) is 6.92 Å². The van der Waals surface area contributed by atoms with E-state index < -0.39 is 10.0 Å². The fraction of sp³-hybridized carbons (Fsp3) is 0.632. The van der Waals surface area contributed by atoms with Gasteiger partial charge in [-0.05, 0) is 38.7 Å². The molecule has 0 bridgehead atoms. The van der Waals surface area contributed by atoms with Crippen LogP contribution < -0.4 is 4.90 Å². The van der Waals surface area contributed by atoms with E-state index in [2.05, 4.69) is 36.1 Å². The maximum atomic E-state index is 12.5. The maximum absolute atomic E-state index is 12.5. The molecule has 1 aromatic rings. The second kappa shape index (κ2) is 9.52. The van der Waals surface area contributed by atoms with Crippen LogP contribution in [0.5, 0.6) is 0 Å². The molecule has 2 rings (SSSR count). The maximum Gasteiger partial charge on any atom is 0.224 e. The average molecular weight is 397 g/mol. The quantitative estimate of drug-likeness (QED) is 0.652. The highest BCUT2D eigenvalue weighted by Crippen LogP contribution is 2.18. The normalized spacial score (nSPS) is 15.6. The molecule has 0 spiro atoms. The Balaban J connectivity index is 1.84. The van der Waals surface area contributed by atoms with Crippen LogP contribution >= 0.6 is 0 Å². The van der Waals surface area contributed by atoms with Gasteiger partial charge >= 0.3 is 0 Å². The molecule has 0 atom stereocenters. The SMILES string of the molecule is Cc1cccc(N2CCN(C(=O)CCN(CCN(C)C)S(C)(=O)=O)CC2)c1. The third-order valence-corrected chi connectivity index (χ3v) is 6.14. The number of aryl methyl sites for hydroxylation is 1. The molecule has 7 nitrogen and oxygen atoms in total. The van der Waals surface area contributed by atoms with Crippen LogP contribution in [0.1, 0.15) is 12.0 Å². The molecule has 0 N–H and O–H groups in total. The van der Waals surface area contributed by atoms with E-state index in [9.17, 15) is 13.2 Å². The number of rotatable bonds is 8. The molecule has 0 saturated carbocycles. The fourth-order valence-corrected chi connectivity index (χ4v) is 4.01. The third-order valence-electron chi connectivity index (χ3n) is 4.84. The number of amides is 1. The summed E-state index contributed by atoms with van der Waals surface area (Å²) in [5.74, 6) is 0.0254. The van der Waals surface area contributed by atoms with E-state index >= 15 is 0 Å². The van der Waals surface area contributed by atoms with E-state index in [1.54, 1.807) is 0 Å². The van der Waals surface area contributed by atoms with E-state index in [1.165, 1.54) is 21.8 Å². The second-order valence-corrected chi connectivity index (χ2v) is 9.40. The van der Waals surface area contributed by atoms with Crippen LogP contribution in [-0.2, 0) is 14.8 Å². The molecule has 0 unspecified atom stereocenters. The lowest BCUT2D eigenvalue weighted by Gasteiger charge is -2.36. The summed E-state index contributed by atoms with van der Waals surface area (Å²) in [6.45, 7) is 6.29. The van der Waals surface area contributed by atoms with Gasteiger partial charge in [-0.3, -0.25) is 4.79 Å². The first-order valence-corrected chi connectivity index (χ1v) is 11.2. The first-order chi connectivity index (χ1) is 12.7. The van der Waals surface area contributed by atoms with E-state index in [1.807, 2.05) is 23.9 Å². The number of anilines is 1. The van der Waals surface area contributed by atoms with Crippen LogP contribution in [0.15, 0.2) is 24.3 Å². The summed E-state index contributed by atoms with van der Waals surface area (Å²) >= 11 is 0. The van der Waals surface area contributed by atoms with Gasteiger partial charge in [0.25, 0.3) is 0 Å². The summed E-state index contributed by atoms with van der Waals surface area (Å²) in [4.78, 5) is 18.6. The number of carbonyl (C=O) groups excluding carboxylic acids is 1. The number of hydrogen-bond acceptors (Lipinski definition) is 5. The summed E-state index contributed by atoms with van der Waals surface area (Å²) in [6, 6.07) is 8.38. The lowest BCUT2D eigenvalue weighted by molar-refractivity contribution is -0.131. The standard InChI is InChI=1S/C19H32N4O3S/c1-17-6-5-7-18(16-17)21-11-13-22(14-12-21)19(24)8-9-23(27(4,25)26)15-10-20(2)3/h5-7,16H,8-15H2,1-4H3. The summed E-state index contributed by atoms with van der Waals surface area (Å²) in [5, 5.41) is 0. The first kappa shape index (κ1) is 21.7. The largest absolute Gasteiger partial charge is 0.368 e. The van der Waals surface area contributed by atoms with Gasteiger partial charge in [-0.2, -0.15) is 0 Å². The van der Waals surface area contributed by atoms with Crippen molar-refractivity contribution in [3.05, 3.63) is 29.8 Å². The molecule has 1 saturated heterocycles. The van der Waals surface area contributed by atoms with Gasteiger partial charge in [-0.15, -0.1) is 0 Å². The predicted molar refractivity (Wildman–Crippen MR) is 110 cm³/mol. The number of likely N-dealkylation sites (N-methyl/N-ethyl adjacent to an activating group) is 1. The van der Waals surface area contributed by atoms with Gasteiger partial charge in [0.15, 0.2) is 0 Å². The molecular weight excluding hydrogens is 364 g/mol. The molecule has 0 aliphatic carbocycles. The Bertz CT molecular complexity index is 728. The van der Waals surface area contributed by atoms with E-state index in [-0.39, 0.29) is 18.9 Å². The van der Waals surface area contributed by atoms with Crippen LogP contribution in [0.3, 0.4) is 0 Å². The van der Waals surface area contributed by atoms with E-state index in [0.717, 1.165) is 13.1 Å². The molecule has 0 aromatic heterocycles. The highest BCUT2D eigenvalue weighted by molar-refractivity contribution is 7.88. The predicted octanol–water partition coefficient (Wildman–Crippen LogP) is 0.857. The van der Waals surface area contributed by atoms with Crippen molar-refractivity contribution in [2.45, 2.75) is 13.3 Å². The zero-order valence-electron chi connectivity index (χ0n) is 16.9. The Kier molecular flexibility index (Phi) is 7.64. The Labute approximate surface area is 163 Å². The van der Waals surface area contributed by atoms with Crippen molar-refractivity contribution in [1.29, 1.82) is 0 Å². The van der Waals surface area contributed by atoms with Crippen molar-refractivity contribution in [3.63, 3.8) is 0 Å². The van der Waals surface area contributed by atoms with Gasteiger partial charge in [0.1, 0.15) is 0 Å². The highest BCUT2D eigenvalue weighted by atomic mass is 32.2. The molecule has 1 fully saturated rings. The van der Waals surface area contributed by atoms with Gasteiger partial charge in [0.05, 0.1) is 6.26 Å². The van der Waals surface area contributed by atoms with Crippen molar-refractivity contribution in [2.24, 2.45) is 0 Å². The fourth-order valence-electron chi connectivity index (χ4n) is 3.17. The number of carbonyl (C=O) groups is 1. The molecule has 27 heavy (non-hydrogen) atoms. The molecule has 1 amide bonds. The first-order valence-electron chi connectivity index (χ1n) is 9.36. The zero-order chi connectivity index (χ0) is 20.0. The van der Waals surface area contributed by atoms with Gasteiger partial charge in [-0.1, -0.05) is 12.1 Å². The smallest absolute Gasteiger partial charge is 0.224 e. The summed E-state index contributed by atoms with van der Waals surface area (Å²) < 4.78 is 25.3.